The molecule has 0 saturated carbocycles. The molecule has 2 heterocycles. The number of benzene rings is 2. The van der Waals surface area contributed by atoms with Crippen molar-refractivity contribution in [3.8, 4) is 0 Å². The molecule has 0 aliphatic carbocycles. The number of carbonyl (C=O) groups excluding carboxylic acids is 2. The summed E-state index contributed by atoms with van der Waals surface area (Å²) in [6.07, 6.45) is 3.10. The molecule has 0 atom stereocenters. The summed E-state index contributed by atoms with van der Waals surface area (Å²) in [6.45, 7) is 3.88. The monoisotopic (exact) mass is 418 g/mol. The molecule has 0 bridgehead atoms. The van der Waals surface area contributed by atoms with Gasteiger partial charge in [0.1, 0.15) is 5.82 Å². The number of para-hydroxylation sites is 2. The van der Waals surface area contributed by atoms with Gasteiger partial charge in [-0.05, 0) is 42.8 Å². The van der Waals surface area contributed by atoms with Crippen LogP contribution in [0.1, 0.15) is 26.3 Å². The number of nitrogens with one attached hydrogen (secondary N) is 1. The average molecular weight is 418 g/mol. The van der Waals surface area contributed by atoms with Gasteiger partial charge >= 0.3 is 0 Å². The number of halogens is 1. The molecule has 31 heavy (non-hydrogen) atoms. The number of carbonyl (C=O) groups is 2. The summed E-state index contributed by atoms with van der Waals surface area (Å²) in [6, 6.07) is 15.3. The number of hydrogen-bond donors (Lipinski definition) is 1. The Morgan fingerprint density at radius 3 is 2.35 bits per heavy atom. The highest BCUT2D eigenvalue weighted by atomic mass is 19.1. The van der Waals surface area contributed by atoms with E-state index in [0.29, 0.717) is 48.7 Å². The first-order chi connectivity index (χ1) is 15.0. The van der Waals surface area contributed by atoms with Crippen LogP contribution in [0.3, 0.4) is 0 Å². The second-order valence-electron chi connectivity index (χ2n) is 7.42. The van der Waals surface area contributed by atoms with Crippen molar-refractivity contribution in [3.63, 3.8) is 0 Å². The lowest BCUT2D eigenvalue weighted by molar-refractivity contribution is 0.0747. The number of pyridine rings is 1. The fraction of sp³-hybridized carbons (Fsp3) is 0.208. The van der Waals surface area contributed by atoms with Gasteiger partial charge < -0.3 is 15.1 Å². The lowest BCUT2D eigenvalue weighted by atomic mass is 10.1. The summed E-state index contributed by atoms with van der Waals surface area (Å²) in [5.41, 5.74) is 2.77. The van der Waals surface area contributed by atoms with Crippen molar-refractivity contribution in [2.24, 2.45) is 0 Å². The molecule has 0 spiro atoms. The lowest BCUT2D eigenvalue weighted by Crippen LogP contribution is -2.49. The Bertz CT molecular complexity index is 1100. The maximum Gasteiger partial charge on any atom is 0.256 e. The van der Waals surface area contributed by atoms with Crippen LogP contribution in [0.5, 0.6) is 0 Å². The van der Waals surface area contributed by atoms with E-state index in [4.69, 9.17) is 0 Å². The molecule has 0 radical (unpaired) electrons. The van der Waals surface area contributed by atoms with Crippen LogP contribution in [0, 0.1) is 12.7 Å². The molecule has 158 valence electrons. The Morgan fingerprint density at radius 1 is 0.935 bits per heavy atom. The van der Waals surface area contributed by atoms with Gasteiger partial charge in [-0.2, -0.15) is 0 Å². The van der Waals surface area contributed by atoms with Crippen molar-refractivity contribution < 1.29 is 14.0 Å². The molecular formula is C24H23FN4O2. The number of aromatic nitrogens is 1. The highest BCUT2D eigenvalue weighted by Gasteiger charge is 2.26. The molecule has 2 amide bonds. The Labute approximate surface area is 180 Å². The van der Waals surface area contributed by atoms with E-state index < -0.39 is 0 Å². The second kappa shape index (κ2) is 8.95. The van der Waals surface area contributed by atoms with Gasteiger partial charge in [-0.15, -0.1) is 0 Å². The maximum atomic E-state index is 14.1. The van der Waals surface area contributed by atoms with Gasteiger partial charge in [-0.25, -0.2) is 4.39 Å². The van der Waals surface area contributed by atoms with E-state index in [0.717, 1.165) is 5.56 Å². The molecule has 1 saturated heterocycles. The zero-order valence-corrected chi connectivity index (χ0v) is 17.2. The minimum atomic E-state index is -0.296. The molecule has 1 fully saturated rings. The van der Waals surface area contributed by atoms with Gasteiger partial charge in [0.05, 0.1) is 16.9 Å². The van der Waals surface area contributed by atoms with Crippen LogP contribution < -0.4 is 10.2 Å². The molecule has 1 aliphatic rings. The Hall–Kier alpha value is -3.74. The quantitative estimate of drug-likeness (QED) is 0.701. The predicted octanol–water partition coefficient (Wildman–Crippen LogP) is 3.74. The van der Waals surface area contributed by atoms with E-state index in [9.17, 15) is 14.0 Å². The summed E-state index contributed by atoms with van der Waals surface area (Å²) < 4.78 is 14.1. The lowest BCUT2D eigenvalue weighted by Gasteiger charge is -2.36. The van der Waals surface area contributed by atoms with Crippen LogP contribution >= 0.6 is 0 Å². The minimum absolute atomic E-state index is 0.151. The van der Waals surface area contributed by atoms with E-state index in [1.54, 1.807) is 59.8 Å². The summed E-state index contributed by atoms with van der Waals surface area (Å²) in [4.78, 5) is 33.5. The van der Waals surface area contributed by atoms with E-state index in [-0.39, 0.29) is 17.6 Å². The topological polar surface area (TPSA) is 65.5 Å². The Morgan fingerprint density at radius 2 is 1.65 bits per heavy atom. The first-order valence-corrected chi connectivity index (χ1v) is 10.1. The number of aryl methyl sites for hydroxylation is 1. The molecule has 0 unspecified atom stereocenters. The van der Waals surface area contributed by atoms with Crippen LogP contribution in [0.4, 0.5) is 15.8 Å². The SMILES string of the molecule is Cc1cccc(C(=O)N2CCN(c3ccccc3F)CC2)c1NC(=O)c1ccncc1. The van der Waals surface area contributed by atoms with Crippen LogP contribution in [0.25, 0.3) is 0 Å². The largest absolute Gasteiger partial charge is 0.366 e. The third-order valence-corrected chi connectivity index (χ3v) is 5.44. The van der Waals surface area contributed by atoms with Gasteiger partial charge in [-0.1, -0.05) is 24.3 Å². The number of rotatable bonds is 4. The van der Waals surface area contributed by atoms with Crippen LogP contribution in [-0.2, 0) is 0 Å². The fourth-order valence-corrected chi connectivity index (χ4v) is 3.73. The summed E-state index contributed by atoms with van der Waals surface area (Å²) in [5, 5.41) is 2.88. The predicted molar refractivity (Wildman–Crippen MR) is 118 cm³/mol. The Kier molecular flexibility index (Phi) is 5.93. The van der Waals surface area contributed by atoms with Gasteiger partial charge in [0, 0.05) is 44.1 Å². The molecule has 1 aliphatic heterocycles. The van der Waals surface area contributed by atoms with Crippen LogP contribution in [0.15, 0.2) is 67.0 Å². The van der Waals surface area contributed by atoms with Crippen molar-refractivity contribution in [1.82, 2.24) is 9.88 Å². The smallest absolute Gasteiger partial charge is 0.256 e. The third-order valence-electron chi connectivity index (χ3n) is 5.44. The summed E-state index contributed by atoms with van der Waals surface area (Å²) >= 11 is 0. The normalized spacial score (nSPS) is 13.7. The number of hydrogen-bond acceptors (Lipinski definition) is 4. The Balaban J connectivity index is 1.50. The zero-order chi connectivity index (χ0) is 21.8. The van der Waals surface area contributed by atoms with Gasteiger partial charge in [0.2, 0.25) is 0 Å². The highest BCUT2D eigenvalue weighted by Crippen LogP contribution is 2.25. The summed E-state index contributed by atoms with van der Waals surface area (Å²) in [7, 11) is 0. The zero-order valence-electron chi connectivity index (χ0n) is 17.2. The summed E-state index contributed by atoms with van der Waals surface area (Å²) in [5.74, 6) is -0.709. The third kappa shape index (κ3) is 4.40. The van der Waals surface area contributed by atoms with Gasteiger partial charge in [-0.3, -0.25) is 14.6 Å². The van der Waals surface area contributed by atoms with Crippen LogP contribution in [0.2, 0.25) is 0 Å². The molecule has 4 rings (SSSR count). The van der Waals surface area contributed by atoms with E-state index in [1.807, 2.05) is 17.9 Å². The number of anilines is 2. The van der Waals surface area contributed by atoms with Crippen molar-refractivity contribution in [1.29, 1.82) is 0 Å². The molecule has 7 heteroatoms. The molecule has 3 aromatic rings. The first-order valence-electron chi connectivity index (χ1n) is 10.1. The van der Waals surface area contributed by atoms with E-state index in [2.05, 4.69) is 10.3 Å². The molecular weight excluding hydrogens is 395 g/mol. The molecule has 1 aromatic heterocycles. The standard InChI is InChI=1S/C24H23FN4O2/c1-17-5-4-6-19(22(17)27-23(30)18-9-11-26-12-10-18)24(31)29-15-13-28(14-16-29)21-8-3-2-7-20(21)25/h2-12H,13-16H2,1H3,(H,27,30). The first kappa shape index (κ1) is 20.5. The van der Waals surface area contributed by atoms with Crippen molar-refractivity contribution in [2.75, 3.05) is 36.4 Å². The van der Waals surface area contributed by atoms with Crippen LogP contribution in [-0.4, -0.2) is 47.9 Å². The minimum Gasteiger partial charge on any atom is -0.366 e. The number of piperazine rings is 1. The number of nitrogens with zero attached hydrogens (tertiary/aromatic N) is 3. The second-order valence-corrected chi connectivity index (χ2v) is 7.42. The van der Waals surface area contributed by atoms with E-state index in [1.165, 1.54) is 6.07 Å². The van der Waals surface area contributed by atoms with Crippen molar-refractivity contribution in [3.05, 3.63) is 89.5 Å². The van der Waals surface area contributed by atoms with Gasteiger partial charge in [0.15, 0.2) is 0 Å². The fourth-order valence-electron chi connectivity index (χ4n) is 3.73. The number of amides is 2. The average Bonchev–Trinajstić information content (AvgIpc) is 2.81. The van der Waals surface area contributed by atoms with Crippen molar-refractivity contribution >= 4 is 23.2 Å². The molecule has 2 aromatic carbocycles. The molecule has 6 nitrogen and oxygen atoms in total. The molecule has 1 N–H and O–H groups in total. The van der Waals surface area contributed by atoms with E-state index >= 15 is 0 Å². The maximum absolute atomic E-state index is 14.1. The van der Waals surface area contributed by atoms with Crippen molar-refractivity contribution in [2.45, 2.75) is 6.92 Å². The van der Waals surface area contributed by atoms with Gasteiger partial charge in [0.25, 0.3) is 11.8 Å². The highest BCUT2D eigenvalue weighted by molar-refractivity contribution is 6.09.